The van der Waals surface area contributed by atoms with E-state index in [0.29, 0.717) is 55.6 Å². The monoisotopic (exact) mass is 1890 g/mol. The van der Waals surface area contributed by atoms with Crippen LogP contribution in [-0.4, -0.2) is 250 Å². The molecule has 45 heteroatoms. The average molecular weight is 1890 g/mol. The first-order valence-corrected chi connectivity index (χ1v) is 44.9. The first-order valence-electron chi connectivity index (χ1n) is 44.9. The summed E-state index contributed by atoms with van der Waals surface area (Å²) >= 11 is 0. The van der Waals surface area contributed by atoms with E-state index in [1.54, 1.807) is 52.0 Å². The van der Waals surface area contributed by atoms with E-state index in [0.717, 1.165) is 0 Å². The summed E-state index contributed by atoms with van der Waals surface area (Å²) in [5.74, 6) is -9.47. The van der Waals surface area contributed by atoms with Crippen molar-refractivity contribution in [3.63, 3.8) is 0 Å². The van der Waals surface area contributed by atoms with Gasteiger partial charge < -0.3 is 129 Å². The maximum Gasteiger partial charge on any atom is 0.303 e. The molecule has 134 heavy (non-hydrogen) atoms. The molecule has 0 fully saturated rings. The highest BCUT2D eigenvalue weighted by atomic mass is 16.4. The number of hydrazine groups is 1. The number of nitrogen functional groups attached to an aromatic ring is 1. The summed E-state index contributed by atoms with van der Waals surface area (Å²) < 4.78 is 0. The quantitative estimate of drug-likeness (QED) is 0.0153. The molecule has 0 unspecified atom stereocenters. The van der Waals surface area contributed by atoms with Crippen LogP contribution in [0.2, 0.25) is 0 Å². The zero-order chi connectivity index (χ0) is 101. The number of nitrogens with zero attached hydrogens (tertiary/aromatic N) is 1. The van der Waals surface area contributed by atoms with E-state index in [-0.39, 0.29) is 118 Å². The molecule has 746 valence electrons. The maximum atomic E-state index is 14.4. The first kappa shape index (κ1) is 117. The van der Waals surface area contributed by atoms with Crippen molar-refractivity contribution in [2.75, 3.05) is 32.1 Å². The summed E-state index contributed by atoms with van der Waals surface area (Å²) in [7, 11) is 1.49. The van der Waals surface area contributed by atoms with Gasteiger partial charge in [0.05, 0.1) is 24.6 Å². The van der Waals surface area contributed by atoms with E-state index in [1.165, 1.54) is 84.3 Å². The van der Waals surface area contributed by atoms with E-state index in [2.05, 4.69) is 95.5 Å². The maximum absolute atomic E-state index is 14.4. The smallest absolute Gasteiger partial charge is 0.303 e. The highest BCUT2D eigenvalue weighted by molar-refractivity contribution is 6.02. The van der Waals surface area contributed by atoms with Crippen LogP contribution in [0.15, 0.2) is 66.9 Å². The number of likely N-dealkylation sites (N-methyl/N-ethyl adjacent to an activating group) is 1. The van der Waals surface area contributed by atoms with Crippen molar-refractivity contribution in [1.29, 1.82) is 0 Å². The molecule has 45 nitrogen and oxygen atoms in total. The molecule has 0 radical (unpaired) electrons. The van der Waals surface area contributed by atoms with Crippen LogP contribution in [0.25, 0.3) is 0 Å². The number of rotatable bonds is 60. The molecule has 1 heterocycles. The molecule has 0 spiro atoms. The molecule has 17 amide bonds. The largest absolute Gasteiger partial charge is 0.508 e. The number of carbonyl (C=O) groups excluding carboxylic acids is 18. The number of unbranched alkanes of at least 4 members (excludes halogenated alkanes) is 2. The van der Waals surface area contributed by atoms with Gasteiger partial charge in [-0.2, -0.15) is 0 Å². The normalized spacial score (nSPS) is 14.6. The number of nitrogens with one attached hydrogen (secondary N) is 17. The summed E-state index contributed by atoms with van der Waals surface area (Å²) in [5, 5.41) is 70.3. The first-order chi connectivity index (χ1) is 63.0. The predicted molar refractivity (Wildman–Crippen MR) is 495 cm³/mol. The highest BCUT2D eigenvalue weighted by Crippen LogP contribution is 2.19. The van der Waals surface area contributed by atoms with Gasteiger partial charge in [0.15, 0.2) is 0 Å². The van der Waals surface area contributed by atoms with Gasteiger partial charge in [0.1, 0.15) is 108 Å². The molecule has 3 aromatic rings. The van der Waals surface area contributed by atoms with Crippen molar-refractivity contribution in [2.45, 2.75) is 290 Å². The number of carbonyl (C=O) groups is 19. The number of aromatic nitrogens is 1. The minimum atomic E-state index is -1.55. The Labute approximate surface area is 781 Å². The number of hydrogen-bond donors (Lipinski definition) is 25. The standard InChI is InChI=1S/C52H82N10O12.C37H61N13O10/c1-9-31(7)44(52(74)61-41(26-30(5)6)49(71)58-39(45(54)67)27-32-14-18-34(63)19-15-32)62-46(68)36(10-2)56-48(70)38(13-11-12-24-53)57-51(73)42(28-33-16-20-35(64)21-17-33)60-50(72)40(25-29(3)4)59-47(69)37(55-8)22-23-43(65)66;1-18(2)14-26(37(60)47-25(10-8-9-13-38)35(58)45-20(4)30(53)42-16-19(3)51)48-32(55)22(6)43-31(54)21(5)46-36(59)27(15-28(39)52)49-33(56)23(7)44-34(57)24-11-12-29(50-40)41-17-24/h14-21,29-31,36-42,44,55,63-64H,9-13,22-28,53H2,1-8H3,(H2,54,67)(H,56,70)(H,57,73)(H,58,71)(H,59,69)(H,60,72)(H,61,74)(H,62,68)(H,65,66);11-12,17-18,20-23,25-27H,8-10,13-16,38,40H2,1-7H3,(H2,39,52)(H,41,50)(H,42,53)(H,43,54)(H,44,57)(H,45,58)(H,46,59)(H,47,60)(H,48,55)(H,49,56)/t31-,36-,37-,38-,39-,40-,41-,42-,44-;20-,21-,22-,23-,25-,26-,27-/m00/s1. The number of aromatic hydroxyl groups is 2. The number of phenolic OH excluding ortho intramolecular Hbond substituents is 2. The van der Waals surface area contributed by atoms with Crippen LogP contribution in [-0.2, 0) is 99.1 Å². The van der Waals surface area contributed by atoms with Crippen LogP contribution in [0, 0.1) is 23.7 Å². The van der Waals surface area contributed by atoms with Gasteiger partial charge in [-0.1, -0.05) is 93.0 Å². The molecule has 3 rings (SSSR count). The van der Waals surface area contributed by atoms with E-state index in [9.17, 15) is 106 Å². The van der Waals surface area contributed by atoms with Crippen molar-refractivity contribution in [2.24, 2.45) is 52.4 Å². The fraction of sp³-hybridized carbons (Fsp3) is 0.596. The van der Waals surface area contributed by atoms with Crippen molar-refractivity contribution < 1.29 is 106 Å². The second-order valence-corrected chi connectivity index (χ2v) is 34.3. The molecule has 30 N–H and O–H groups in total. The number of amides is 17. The third-order valence-corrected chi connectivity index (χ3v) is 21.1. The molecule has 0 saturated carbocycles. The van der Waals surface area contributed by atoms with Crippen molar-refractivity contribution in [1.82, 2.24) is 90.1 Å². The molecular weight excluding hydrogens is 1740 g/mol. The van der Waals surface area contributed by atoms with Gasteiger partial charge in [0.25, 0.3) is 5.91 Å². The number of anilines is 1. The van der Waals surface area contributed by atoms with Crippen LogP contribution >= 0.6 is 0 Å². The number of Topliss-reactive ketones (excluding diaryl/α,β-unsaturated/α-hetero) is 1. The number of carboxylic acids is 1. The van der Waals surface area contributed by atoms with Gasteiger partial charge in [-0.05, 0) is 197 Å². The minimum Gasteiger partial charge on any atom is -0.508 e. The van der Waals surface area contributed by atoms with Gasteiger partial charge in [-0.15, -0.1) is 0 Å². The zero-order valence-electron chi connectivity index (χ0n) is 79.2. The van der Waals surface area contributed by atoms with Crippen molar-refractivity contribution in [3.8, 4) is 11.5 Å². The lowest BCUT2D eigenvalue weighted by Crippen LogP contribution is -2.61. The second kappa shape index (κ2) is 60.9. The van der Waals surface area contributed by atoms with Crippen LogP contribution in [0.3, 0.4) is 0 Å². The Balaban J connectivity index is 0.000000927. The SMILES string of the molecule is CC(=O)CNC(=O)[C@H](C)NC(=O)[C@H](CCCCN)NC(=O)[C@H](CC(C)C)NC(=O)[C@H](C)NC(=O)[C@H](C)NC(=O)[C@H](CC(N)=O)NC(=O)[C@H](C)NC(=O)c1ccc(NN)nc1.CC[C@H](NC(=O)[C@H](CCCCN)NC(=O)[C@H](Cc1ccc(O)cc1)NC(=O)[C@H](CC(C)C)NC(=O)[C@H](CCC(=O)O)NC)C(=O)N[C@H](C(=O)N[C@@H](CC(C)C)C(=O)N[C@@H](Cc1ccc(O)cc1)C(N)=O)[C@@H](C)CC. The third kappa shape index (κ3) is 44.5. The molecule has 0 saturated heterocycles. The number of phenols is 2. The number of benzene rings is 2. The summed E-state index contributed by atoms with van der Waals surface area (Å²) in [5.41, 5.74) is 25.9. The lowest BCUT2D eigenvalue weighted by molar-refractivity contribution is -0.138. The lowest BCUT2D eigenvalue weighted by atomic mass is 9.96. The number of carboxylic acid groups (broad SMARTS) is 1. The lowest BCUT2D eigenvalue weighted by Gasteiger charge is -2.30. The van der Waals surface area contributed by atoms with E-state index in [4.69, 9.17) is 28.8 Å². The number of primary amides is 2. The molecule has 0 aliphatic rings. The van der Waals surface area contributed by atoms with Crippen LogP contribution in [0.1, 0.15) is 208 Å². The van der Waals surface area contributed by atoms with Gasteiger partial charge in [0, 0.05) is 25.5 Å². The second-order valence-electron chi connectivity index (χ2n) is 34.3. The average Bonchev–Trinajstić information content (AvgIpc) is 0.857. The fourth-order valence-electron chi connectivity index (χ4n) is 13.2. The van der Waals surface area contributed by atoms with E-state index >= 15 is 0 Å². The van der Waals surface area contributed by atoms with Gasteiger partial charge >= 0.3 is 5.97 Å². The van der Waals surface area contributed by atoms with Crippen LogP contribution in [0.4, 0.5) is 5.82 Å². The molecule has 1 aromatic heterocycles. The number of ketones is 1. The third-order valence-electron chi connectivity index (χ3n) is 21.1. The van der Waals surface area contributed by atoms with E-state index < -0.39 is 209 Å². The Hall–Kier alpha value is -13.0. The van der Waals surface area contributed by atoms with Gasteiger partial charge in [0.2, 0.25) is 94.5 Å². The number of hydrogen-bond acceptors (Lipinski definition) is 27. The fourth-order valence-corrected chi connectivity index (χ4v) is 13.2. The molecular formula is C89H143N23O22. The number of pyridine rings is 1. The molecule has 0 bridgehead atoms. The number of nitrogens with two attached hydrogens (primary N) is 5. The van der Waals surface area contributed by atoms with Gasteiger partial charge in [-0.25, -0.2) is 10.8 Å². The summed E-state index contributed by atoms with van der Waals surface area (Å²) in [6.45, 7) is 23.2. The Morgan fingerprint density at radius 1 is 0.388 bits per heavy atom. The summed E-state index contributed by atoms with van der Waals surface area (Å²) in [6.07, 6.45) is 3.12. The van der Waals surface area contributed by atoms with Crippen molar-refractivity contribution in [3.05, 3.63) is 83.6 Å². The Morgan fingerprint density at radius 2 is 0.754 bits per heavy atom. The number of aliphatic carboxylic acids is 1. The topological polar surface area (TPSA) is 733 Å². The van der Waals surface area contributed by atoms with Gasteiger partial charge in [-0.3, -0.25) is 91.1 Å². The molecule has 0 aliphatic heterocycles. The molecule has 0 aliphatic carbocycles. The summed E-state index contributed by atoms with van der Waals surface area (Å²) in [4.78, 5) is 253. The molecule has 16 atom stereocenters. The van der Waals surface area contributed by atoms with Crippen LogP contribution in [0.5, 0.6) is 11.5 Å². The Morgan fingerprint density at radius 3 is 1.16 bits per heavy atom. The summed E-state index contributed by atoms with van der Waals surface area (Å²) in [6, 6.07) is -3.20. The van der Waals surface area contributed by atoms with Crippen LogP contribution < -0.4 is 119 Å². The zero-order valence-corrected chi connectivity index (χ0v) is 79.2. The Bertz CT molecular complexity index is 4390. The molecule has 2 aromatic carbocycles. The Kier molecular flexibility index (Phi) is 53.2. The van der Waals surface area contributed by atoms with E-state index in [1.807, 2.05) is 34.6 Å². The highest BCUT2D eigenvalue weighted by Gasteiger charge is 2.39. The predicted octanol–water partition coefficient (Wildman–Crippen LogP) is -2.90. The minimum absolute atomic E-state index is 0.0159. The van der Waals surface area contributed by atoms with Crippen molar-refractivity contribution >= 4 is 118 Å².